The maximum atomic E-state index is 12.0. The molecule has 3 rings (SSSR count). The highest BCUT2D eigenvalue weighted by atomic mass is 16.2. The molecule has 1 aliphatic heterocycles. The number of rotatable bonds is 5. The quantitative estimate of drug-likeness (QED) is 0.706. The molecule has 1 fully saturated rings. The smallest absolute Gasteiger partial charge is 0.340 e. The van der Waals surface area contributed by atoms with Crippen molar-refractivity contribution in [2.75, 3.05) is 18.0 Å². The van der Waals surface area contributed by atoms with Gasteiger partial charge in [0.25, 0.3) is 0 Å². The number of aromatic amines is 2. The number of nitrogens with one attached hydrogen (secondary N) is 3. The van der Waals surface area contributed by atoms with Crippen molar-refractivity contribution in [1.82, 2.24) is 25.5 Å². The van der Waals surface area contributed by atoms with Gasteiger partial charge < -0.3 is 10.2 Å². The van der Waals surface area contributed by atoms with Crippen LogP contribution < -0.4 is 15.9 Å². The highest BCUT2D eigenvalue weighted by molar-refractivity contribution is 5.76. The predicted molar refractivity (Wildman–Crippen MR) is 89.9 cm³/mol. The fourth-order valence-corrected chi connectivity index (χ4v) is 2.93. The molecule has 0 aliphatic carbocycles. The van der Waals surface area contributed by atoms with E-state index in [0.717, 1.165) is 25.9 Å². The van der Waals surface area contributed by atoms with E-state index < -0.39 is 0 Å². The summed E-state index contributed by atoms with van der Waals surface area (Å²) in [5.41, 5.74) is 0.201. The van der Waals surface area contributed by atoms with Crippen molar-refractivity contribution in [2.24, 2.45) is 0 Å². The van der Waals surface area contributed by atoms with Crippen LogP contribution in [0.5, 0.6) is 0 Å². The fourth-order valence-electron chi connectivity index (χ4n) is 2.93. The van der Waals surface area contributed by atoms with Gasteiger partial charge in [-0.1, -0.05) is 0 Å². The lowest BCUT2D eigenvalue weighted by Crippen LogP contribution is -2.45. The number of aryl methyl sites for hydroxylation is 1. The zero-order valence-corrected chi connectivity index (χ0v) is 13.7. The van der Waals surface area contributed by atoms with Gasteiger partial charge in [0.05, 0.1) is 5.56 Å². The van der Waals surface area contributed by atoms with Crippen LogP contribution in [0.2, 0.25) is 0 Å². The molecule has 25 heavy (non-hydrogen) atoms. The van der Waals surface area contributed by atoms with Crippen LogP contribution in [0.15, 0.2) is 23.1 Å². The molecular formula is C16H19N7O2. The molecule has 1 aliphatic rings. The number of H-pyrrole nitrogens is 2. The maximum Gasteiger partial charge on any atom is 0.340 e. The number of hydrogen-bond acceptors (Lipinski definition) is 6. The van der Waals surface area contributed by atoms with E-state index >= 15 is 0 Å². The second kappa shape index (κ2) is 7.61. The number of aromatic nitrogens is 4. The molecule has 3 heterocycles. The van der Waals surface area contributed by atoms with E-state index in [9.17, 15) is 14.9 Å². The Hall–Kier alpha value is -3.15. The highest BCUT2D eigenvalue weighted by Crippen LogP contribution is 2.21. The van der Waals surface area contributed by atoms with Gasteiger partial charge in [-0.15, -0.1) is 0 Å². The number of hydrogen-bond donors (Lipinski definition) is 3. The summed E-state index contributed by atoms with van der Waals surface area (Å²) in [4.78, 5) is 31.9. The molecule has 0 aromatic carbocycles. The molecule has 0 radical (unpaired) electrons. The molecule has 3 N–H and O–H groups in total. The van der Waals surface area contributed by atoms with Crippen molar-refractivity contribution >= 4 is 11.7 Å². The van der Waals surface area contributed by atoms with Crippen LogP contribution in [-0.2, 0) is 11.2 Å². The highest BCUT2D eigenvalue weighted by Gasteiger charge is 2.23. The molecule has 0 unspecified atom stereocenters. The van der Waals surface area contributed by atoms with Crippen LogP contribution in [0.3, 0.4) is 0 Å². The molecule has 0 saturated carbocycles. The third kappa shape index (κ3) is 4.23. The molecule has 1 amide bonds. The molecule has 0 spiro atoms. The lowest BCUT2D eigenvalue weighted by Gasteiger charge is -2.33. The number of pyridine rings is 1. The maximum absolute atomic E-state index is 12.0. The second-order valence-electron chi connectivity index (χ2n) is 5.94. The van der Waals surface area contributed by atoms with E-state index in [1.807, 2.05) is 0 Å². The minimum atomic E-state index is -0.367. The van der Waals surface area contributed by atoms with Crippen molar-refractivity contribution in [1.29, 1.82) is 5.26 Å². The number of carbonyl (C=O) groups excluding carboxylic acids is 1. The largest absolute Gasteiger partial charge is 0.355 e. The average Bonchev–Trinajstić information content (AvgIpc) is 3.06. The summed E-state index contributed by atoms with van der Waals surface area (Å²) >= 11 is 0. The molecule has 0 bridgehead atoms. The third-order valence-electron chi connectivity index (χ3n) is 4.21. The number of amides is 1. The van der Waals surface area contributed by atoms with Crippen molar-refractivity contribution in [2.45, 2.75) is 31.7 Å². The van der Waals surface area contributed by atoms with Crippen molar-refractivity contribution in [3.63, 3.8) is 0 Å². The summed E-state index contributed by atoms with van der Waals surface area (Å²) in [7, 11) is 0. The summed E-state index contributed by atoms with van der Waals surface area (Å²) in [6.07, 6.45) is 3.95. The first-order chi connectivity index (χ1) is 12.2. The summed E-state index contributed by atoms with van der Waals surface area (Å²) in [6, 6.07) is 5.78. The van der Waals surface area contributed by atoms with Gasteiger partial charge >= 0.3 is 5.69 Å². The predicted octanol–water partition coefficient (Wildman–Crippen LogP) is 0.0825. The van der Waals surface area contributed by atoms with Crippen LogP contribution in [0.25, 0.3) is 0 Å². The molecule has 130 valence electrons. The number of carbonyl (C=O) groups is 1. The van der Waals surface area contributed by atoms with E-state index in [-0.39, 0.29) is 24.1 Å². The molecular weight excluding hydrogens is 322 g/mol. The Morgan fingerprint density at radius 1 is 1.44 bits per heavy atom. The molecule has 1 saturated heterocycles. The minimum Gasteiger partial charge on any atom is -0.355 e. The molecule has 9 nitrogen and oxygen atoms in total. The standard InChI is InChI=1S/C16H19N7O2/c17-10-11-2-1-7-18-15(11)23-8-5-12(6-9-23)19-14(24)4-3-13-20-16(25)22-21-13/h1-2,7,12H,3-6,8-9H2,(H,19,24)(H2,20,21,22,25). The lowest BCUT2D eigenvalue weighted by atomic mass is 10.0. The van der Waals surface area contributed by atoms with Gasteiger partial charge in [0.1, 0.15) is 17.7 Å². The van der Waals surface area contributed by atoms with Crippen LogP contribution >= 0.6 is 0 Å². The third-order valence-corrected chi connectivity index (χ3v) is 4.21. The Morgan fingerprint density at radius 2 is 2.24 bits per heavy atom. The van der Waals surface area contributed by atoms with E-state index in [1.54, 1.807) is 18.3 Å². The van der Waals surface area contributed by atoms with Gasteiger partial charge in [-0.3, -0.25) is 9.78 Å². The zero-order valence-electron chi connectivity index (χ0n) is 13.7. The van der Waals surface area contributed by atoms with Crippen molar-refractivity contribution < 1.29 is 4.79 Å². The van der Waals surface area contributed by atoms with Gasteiger partial charge in [-0.05, 0) is 25.0 Å². The number of nitrogens with zero attached hydrogens (tertiary/aromatic N) is 4. The first-order valence-corrected chi connectivity index (χ1v) is 8.18. The summed E-state index contributed by atoms with van der Waals surface area (Å²) in [5.74, 6) is 1.13. The Kier molecular flexibility index (Phi) is 5.09. The van der Waals surface area contributed by atoms with Gasteiger partial charge in [-0.2, -0.15) is 10.4 Å². The summed E-state index contributed by atoms with van der Waals surface area (Å²) < 4.78 is 0. The average molecular weight is 341 g/mol. The molecule has 2 aromatic rings. The SMILES string of the molecule is N#Cc1cccnc1N1CCC(NC(=O)CCc2n[nH]c(=O)[nH]2)CC1. The Balaban J connectivity index is 1.47. The molecule has 2 aromatic heterocycles. The summed E-state index contributed by atoms with van der Waals surface area (Å²) in [6.45, 7) is 1.48. The van der Waals surface area contributed by atoms with Gasteiger partial charge in [0.2, 0.25) is 5.91 Å². The number of piperidine rings is 1. The van der Waals surface area contributed by atoms with Crippen molar-refractivity contribution in [3.8, 4) is 6.07 Å². The van der Waals surface area contributed by atoms with Gasteiger partial charge in [0, 0.05) is 38.2 Å². The topological polar surface area (TPSA) is 131 Å². The van der Waals surface area contributed by atoms with E-state index in [1.165, 1.54) is 0 Å². The van der Waals surface area contributed by atoms with Crippen LogP contribution in [-0.4, -0.2) is 45.2 Å². The molecule has 0 atom stereocenters. The Labute approximate surface area is 144 Å². The zero-order chi connectivity index (χ0) is 17.6. The fraction of sp³-hybridized carbons (Fsp3) is 0.438. The van der Waals surface area contributed by atoms with Gasteiger partial charge in [-0.25, -0.2) is 14.9 Å². The second-order valence-corrected chi connectivity index (χ2v) is 5.94. The first kappa shape index (κ1) is 16.7. The number of anilines is 1. The van der Waals surface area contributed by atoms with E-state index in [4.69, 9.17) is 0 Å². The van der Waals surface area contributed by atoms with Crippen LogP contribution in [0.4, 0.5) is 5.82 Å². The normalized spacial score (nSPS) is 14.9. The lowest BCUT2D eigenvalue weighted by molar-refractivity contribution is -0.121. The Bertz CT molecular complexity index is 827. The minimum absolute atomic E-state index is 0.0575. The summed E-state index contributed by atoms with van der Waals surface area (Å²) in [5, 5.41) is 18.2. The first-order valence-electron chi connectivity index (χ1n) is 8.18. The van der Waals surface area contributed by atoms with E-state index in [2.05, 4.69) is 36.5 Å². The van der Waals surface area contributed by atoms with Gasteiger partial charge in [0.15, 0.2) is 0 Å². The van der Waals surface area contributed by atoms with E-state index in [0.29, 0.717) is 23.6 Å². The number of nitriles is 1. The van der Waals surface area contributed by atoms with Crippen molar-refractivity contribution in [3.05, 3.63) is 40.2 Å². The van der Waals surface area contributed by atoms with Crippen LogP contribution in [0.1, 0.15) is 30.7 Å². The van der Waals surface area contributed by atoms with Crippen LogP contribution in [0, 0.1) is 11.3 Å². The Morgan fingerprint density at radius 3 is 2.92 bits per heavy atom. The monoisotopic (exact) mass is 341 g/mol. The molecule has 9 heteroatoms.